The molecular weight excluding hydrogens is 272 g/mol. The van der Waals surface area contributed by atoms with E-state index >= 15 is 0 Å². The van der Waals surface area contributed by atoms with Gasteiger partial charge in [0.15, 0.2) is 5.13 Å². The number of rotatable bonds is 3. The average molecular weight is 298 g/mol. The van der Waals surface area contributed by atoms with Gasteiger partial charge in [0.1, 0.15) is 0 Å². The Morgan fingerprint density at radius 2 is 2.15 bits per heavy atom. The summed E-state index contributed by atoms with van der Waals surface area (Å²) in [6, 6.07) is 0. The second kappa shape index (κ2) is 5.62. The zero-order chi connectivity index (χ0) is 15.0. The predicted octanol–water partition coefficient (Wildman–Crippen LogP) is 2.94. The molecule has 1 saturated heterocycles. The SMILES string of the molecule is COC1(C)CCCN(c2nc(C(C)(C)C)c(CO)s2)C1. The highest BCUT2D eigenvalue weighted by molar-refractivity contribution is 7.15. The van der Waals surface area contributed by atoms with Crippen LogP contribution in [0.3, 0.4) is 0 Å². The normalized spacial score (nSPS) is 24.2. The van der Waals surface area contributed by atoms with Crippen LogP contribution in [0, 0.1) is 0 Å². The van der Waals surface area contributed by atoms with Crippen LogP contribution >= 0.6 is 11.3 Å². The third-order valence-corrected chi connectivity index (χ3v) is 5.06. The molecule has 1 fully saturated rings. The van der Waals surface area contributed by atoms with Crippen LogP contribution in [-0.4, -0.2) is 35.9 Å². The number of thiazole rings is 1. The summed E-state index contributed by atoms with van der Waals surface area (Å²) in [5.41, 5.74) is 0.892. The van der Waals surface area contributed by atoms with Gasteiger partial charge in [-0.25, -0.2) is 4.98 Å². The summed E-state index contributed by atoms with van der Waals surface area (Å²) in [6.45, 7) is 10.5. The molecule has 1 atom stereocenters. The largest absolute Gasteiger partial charge is 0.391 e. The molecule has 5 heteroatoms. The molecule has 1 aromatic heterocycles. The fourth-order valence-corrected chi connectivity index (χ4v) is 3.86. The molecule has 0 aliphatic carbocycles. The standard InChI is InChI=1S/C15H26N2O2S/c1-14(2,3)12-11(9-18)20-13(16-12)17-8-6-7-15(4,10-17)19-5/h18H,6-10H2,1-5H3. The predicted molar refractivity (Wildman–Crippen MR) is 83.6 cm³/mol. The highest BCUT2D eigenvalue weighted by Crippen LogP contribution is 2.36. The van der Waals surface area contributed by atoms with Crippen LogP contribution in [0.25, 0.3) is 0 Å². The lowest BCUT2D eigenvalue weighted by molar-refractivity contribution is -0.00466. The number of nitrogens with zero attached hydrogens (tertiary/aromatic N) is 2. The molecule has 0 bridgehead atoms. The number of methoxy groups -OCH3 is 1. The van der Waals surface area contributed by atoms with E-state index in [1.54, 1.807) is 18.4 Å². The fourth-order valence-electron chi connectivity index (χ4n) is 2.70. The molecule has 1 N–H and O–H groups in total. The summed E-state index contributed by atoms with van der Waals surface area (Å²) in [6.07, 6.45) is 2.20. The number of anilines is 1. The lowest BCUT2D eigenvalue weighted by Gasteiger charge is -2.39. The minimum atomic E-state index is -0.0921. The Balaban J connectivity index is 2.27. The maximum atomic E-state index is 9.57. The first-order chi connectivity index (χ1) is 9.29. The summed E-state index contributed by atoms with van der Waals surface area (Å²) in [5, 5.41) is 10.6. The third-order valence-electron chi connectivity index (χ3n) is 3.96. The lowest BCUT2D eigenvalue weighted by Crippen LogP contribution is -2.47. The molecule has 1 unspecified atom stereocenters. The van der Waals surface area contributed by atoms with Crippen LogP contribution in [0.5, 0.6) is 0 Å². The van der Waals surface area contributed by atoms with E-state index in [1.807, 2.05) is 0 Å². The monoisotopic (exact) mass is 298 g/mol. The molecule has 114 valence electrons. The first-order valence-electron chi connectivity index (χ1n) is 7.20. The molecule has 4 nitrogen and oxygen atoms in total. The van der Waals surface area contributed by atoms with E-state index in [9.17, 15) is 5.11 Å². The average Bonchev–Trinajstić information content (AvgIpc) is 2.83. The summed E-state index contributed by atoms with van der Waals surface area (Å²) >= 11 is 1.61. The molecular formula is C15H26N2O2S. The zero-order valence-corrected chi connectivity index (χ0v) is 14.0. The first kappa shape index (κ1) is 15.7. The summed E-state index contributed by atoms with van der Waals surface area (Å²) < 4.78 is 5.65. The molecule has 0 amide bonds. The maximum absolute atomic E-state index is 9.57. The van der Waals surface area contributed by atoms with Crippen LogP contribution in [0.2, 0.25) is 0 Å². The zero-order valence-electron chi connectivity index (χ0n) is 13.2. The van der Waals surface area contributed by atoms with Crippen LogP contribution < -0.4 is 4.90 Å². The van der Waals surface area contributed by atoms with Crippen molar-refractivity contribution in [3.63, 3.8) is 0 Å². The van der Waals surface area contributed by atoms with E-state index in [2.05, 4.69) is 32.6 Å². The number of hydrogen-bond donors (Lipinski definition) is 1. The molecule has 0 radical (unpaired) electrons. The Kier molecular flexibility index (Phi) is 4.42. The van der Waals surface area contributed by atoms with Gasteiger partial charge in [0.05, 0.1) is 22.8 Å². The fraction of sp³-hybridized carbons (Fsp3) is 0.800. The Morgan fingerprint density at radius 1 is 1.45 bits per heavy atom. The third kappa shape index (κ3) is 3.15. The van der Waals surface area contributed by atoms with Crippen molar-refractivity contribution < 1.29 is 9.84 Å². The van der Waals surface area contributed by atoms with Crippen molar-refractivity contribution in [1.82, 2.24) is 4.98 Å². The summed E-state index contributed by atoms with van der Waals surface area (Å²) in [7, 11) is 1.78. The Labute approximate surface area is 125 Å². The van der Waals surface area contributed by atoms with Gasteiger partial charge in [0.2, 0.25) is 0 Å². The minimum Gasteiger partial charge on any atom is -0.391 e. The molecule has 0 saturated carbocycles. The molecule has 0 spiro atoms. The smallest absolute Gasteiger partial charge is 0.185 e. The molecule has 2 heterocycles. The van der Waals surface area contributed by atoms with Crippen molar-refractivity contribution in [3.8, 4) is 0 Å². The van der Waals surface area contributed by atoms with E-state index in [0.717, 1.165) is 41.6 Å². The van der Waals surface area contributed by atoms with Gasteiger partial charge in [-0.15, -0.1) is 0 Å². The van der Waals surface area contributed by atoms with Gasteiger partial charge >= 0.3 is 0 Å². The van der Waals surface area contributed by atoms with Crippen molar-refractivity contribution >= 4 is 16.5 Å². The van der Waals surface area contributed by atoms with Crippen LogP contribution in [0.4, 0.5) is 5.13 Å². The highest BCUT2D eigenvalue weighted by atomic mass is 32.1. The first-order valence-corrected chi connectivity index (χ1v) is 8.02. The van der Waals surface area contributed by atoms with E-state index in [1.165, 1.54) is 0 Å². The number of aliphatic hydroxyl groups is 1. The lowest BCUT2D eigenvalue weighted by atomic mass is 9.91. The van der Waals surface area contributed by atoms with Gasteiger partial charge in [-0.3, -0.25) is 0 Å². The van der Waals surface area contributed by atoms with Crippen molar-refractivity contribution in [2.75, 3.05) is 25.1 Å². The Morgan fingerprint density at radius 3 is 2.65 bits per heavy atom. The molecule has 1 aliphatic rings. The number of ether oxygens (including phenoxy) is 1. The molecule has 1 aromatic rings. The van der Waals surface area contributed by atoms with Crippen LogP contribution in [-0.2, 0) is 16.8 Å². The van der Waals surface area contributed by atoms with Gasteiger partial charge in [0, 0.05) is 25.6 Å². The van der Waals surface area contributed by atoms with Gasteiger partial charge < -0.3 is 14.7 Å². The quantitative estimate of drug-likeness (QED) is 0.932. The summed E-state index contributed by atoms with van der Waals surface area (Å²) in [5.74, 6) is 0. The van der Waals surface area contributed by atoms with Gasteiger partial charge in [-0.1, -0.05) is 32.1 Å². The number of aromatic nitrogens is 1. The number of piperidine rings is 1. The van der Waals surface area contributed by atoms with E-state index in [-0.39, 0.29) is 17.6 Å². The molecule has 1 aliphatic heterocycles. The van der Waals surface area contributed by atoms with Crippen molar-refractivity contribution in [3.05, 3.63) is 10.6 Å². The topological polar surface area (TPSA) is 45.6 Å². The maximum Gasteiger partial charge on any atom is 0.185 e. The second-order valence-corrected chi connectivity index (χ2v) is 7.92. The number of hydrogen-bond acceptors (Lipinski definition) is 5. The van der Waals surface area contributed by atoms with Crippen LogP contribution in [0.15, 0.2) is 0 Å². The summed E-state index contributed by atoms with van der Waals surface area (Å²) in [4.78, 5) is 8.09. The van der Waals surface area contributed by atoms with E-state index in [4.69, 9.17) is 9.72 Å². The van der Waals surface area contributed by atoms with Crippen molar-refractivity contribution in [2.45, 2.75) is 58.2 Å². The van der Waals surface area contributed by atoms with Crippen LogP contribution in [0.1, 0.15) is 51.1 Å². The molecule has 2 rings (SSSR count). The second-order valence-electron chi connectivity index (χ2n) is 6.86. The highest BCUT2D eigenvalue weighted by Gasteiger charge is 2.33. The Hall–Kier alpha value is -0.650. The minimum absolute atomic E-state index is 0.0346. The molecule has 0 aromatic carbocycles. The van der Waals surface area contributed by atoms with E-state index in [0.29, 0.717) is 0 Å². The van der Waals surface area contributed by atoms with Gasteiger partial charge in [-0.05, 0) is 19.8 Å². The van der Waals surface area contributed by atoms with Gasteiger partial charge in [-0.2, -0.15) is 0 Å². The number of aliphatic hydroxyl groups excluding tert-OH is 1. The Bertz CT molecular complexity index is 467. The van der Waals surface area contributed by atoms with E-state index < -0.39 is 0 Å². The van der Waals surface area contributed by atoms with Crippen molar-refractivity contribution in [2.24, 2.45) is 0 Å². The molecule has 20 heavy (non-hydrogen) atoms. The van der Waals surface area contributed by atoms with Crippen molar-refractivity contribution in [1.29, 1.82) is 0 Å². The van der Waals surface area contributed by atoms with Gasteiger partial charge in [0.25, 0.3) is 0 Å².